The number of benzene rings is 1. The lowest BCUT2D eigenvalue weighted by molar-refractivity contribution is -0.123. The smallest absolute Gasteiger partial charge is 0.275 e. The second kappa shape index (κ2) is 10.1. The summed E-state index contributed by atoms with van der Waals surface area (Å²) in [5, 5.41) is 20.3. The van der Waals surface area contributed by atoms with E-state index in [4.69, 9.17) is 0 Å². The number of hydrogen-bond donors (Lipinski definition) is 6. The summed E-state index contributed by atoms with van der Waals surface area (Å²) < 4.78 is 0. The summed E-state index contributed by atoms with van der Waals surface area (Å²) in [7, 11) is 0. The molecule has 0 saturated heterocycles. The number of carbonyl (C=O) groups excluding carboxylic acids is 3. The van der Waals surface area contributed by atoms with Gasteiger partial charge in [0.25, 0.3) is 11.8 Å². The summed E-state index contributed by atoms with van der Waals surface area (Å²) in [6.45, 7) is 5.83. The van der Waals surface area contributed by atoms with Crippen LogP contribution in [0.15, 0.2) is 48.7 Å². The number of hydrazine groups is 1. The predicted molar refractivity (Wildman–Crippen MR) is 146 cm³/mol. The highest BCUT2D eigenvalue weighted by atomic mass is 16.3. The van der Waals surface area contributed by atoms with Crippen molar-refractivity contribution in [3.8, 4) is 0 Å². The van der Waals surface area contributed by atoms with E-state index in [1.807, 2.05) is 39.0 Å². The van der Waals surface area contributed by atoms with Crippen LogP contribution in [-0.2, 0) is 11.2 Å². The van der Waals surface area contributed by atoms with Gasteiger partial charge in [0.15, 0.2) is 0 Å². The molecule has 1 aromatic heterocycles. The van der Waals surface area contributed by atoms with Crippen molar-refractivity contribution >= 4 is 35.2 Å². The van der Waals surface area contributed by atoms with Gasteiger partial charge < -0.3 is 21.1 Å². The van der Waals surface area contributed by atoms with E-state index in [0.717, 1.165) is 18.4 Å². The highest BCUT2D eigenvalue weighted by Crippen LogP contribution is 2.32. The molecule has 1 aliphatic heterocycles. The molecule has 3 amide bonds. The van der Waals surface area contributed by atoms with Crippen molar-refractivity contribution in [3.05, 3.63) is 65.4 Å². The Hall–Kier alpha value is -4.25. The molecule has 6 N–H and O–H groups in total. The summed E-state index contributed by atoms with van der Waals surface area (Å²) in [4.78, 5) is 46.8. The van der Waals surface area contributed by atoms with Crippen molar-refractivity contribution in [2.45, 2.75) is 63.6 Å². The third-order valence-corrected chi connectivity index (χ3v) is 7.28. The number of aromatic nitrogens is 2. The van der Waals surface area contributed by atoms with Crippen LogP contribution in [0.5, 0.6) is 0 Å². The van der Waals surface area contributed by atoms with Crippen molar-refractivity contribution in [1.29, 1.82) is 0 Å². The molecule has 2 aromatic rings. The maximum Gasteiger partial charge on any atom is 0.275 e. The second-order valence-electron chi connectivity index (χ2n) is 10.9. The van der Waals surface area contributed by atoms with E-state index in [1.165, 1.54) is 6.20 Å². The van der Waals surface area contributed by atoms with Gasteiger partial charge in [0.2, 0.25) is 11.9 Å². The topological polar surface area (TPSA) is 157 Å². The summed E-state index contributed by atoms with van der Waals surface area (Å²) in [5.74, 6) is -0.682. The molecule has 0 radical (unpaired) electrons. The monoisotopic (exact) mass is 531 g/mol. The third kappa shape index (κ3) is 5.49. The highest BCUT2D eigenvalue weighted by molar-refractivity contribution is 6.00. The highest BCUT2D eigenvalue weighted by Gasteiger charge is 2.36. The van der Waals surface area contributed by atoms with Gasteiger partial charge in [-0.25, -0.2) is 4.98 Å². The number of aliphatic hydroxyl groups excluding tert-OH is 1. The van der Waals surface area contributed by atoms with Gasteiger partial charge in [0, 0.05) is 28.9 Å². The lowest BCUT2D eigenvalue weighted by Crippen LogP contribution is -2.49. The lowest BCUT2D eigenvalue weighted by atomic mass is 9.85. The van der Waals surface area contributed by atoms with Crippen molar-refractivity contribution in [2.24, 2.45) is 5.92 Å². The van der Waals surface area contributed by atoms with E-state index < -0.39 is 23.1 Å². The number of anilines is 3. The molecule has 3 aliphatic rings. The van der Waals surface area contributed by atoms with Gasteiger partial charge in [-0.2, -0.15) is 4.98 Å². The first-order valence-electron chi connectivity index (χ1n) is 13.1. The van der Waals surface area contributed by atoms with Crippen LogP contribution in [0, 0.1) is 5.92 Å². The summed E-state index contributed by atoms with van der Waals surface area (Å²) in [5.41, 5.74) is 5.76. The summed E-state index contributed by atoms with van der Waals surface area (Å²) in [6, 6.07) is 5.41. The van der Waals surface area contributed by atoms with Gasteiger partial charge in [0.1, 0.15) is 11.4 Å². The molecule has 1 fully saturated rings. The van der Waals surface area contributed by atoms with Crippen LogP contribution >= 0.6 is 0 Å². The second-order valence-corrected chi connectivity index (χ2v) is 10.9. The molecule has 204 valence electrons. The number of rotatable bonds is 7. The molecule has 1 aromatic carbocycles. The van der Waals surface area contributed by atoms with E-state index in [1.54, 1.807) is 24.3 Å². The molecule has 11 heteroatoms. The van der Waals surface area contributed by atoms with E-state index in [9.17, 15) is 19.5 Å². The van der Waals surface area contributed by atoms with Crippen LogP contribution in [0.2, 0.25) is 0 Å². The standard InChI is InChI=1S/C28H33N7O4/c1-4-28(13-6-5-10-21(28)36)32-22-19(25(39)35-34-23(37)16-11-12-16)15-29-26(31-22)30-20-9-7-8-17-18(20)14-27(2,3)33-24(17)38/h5-10,13,15-16,21,36H,4,11-12,14H2,1-3H3,(H,33,38)(H,34,37)(H,35,39)(H2,29,30,31,32)/t21?,28-/m0/s1. The first-order valence-corrected chi connectivity index (χ1v) is 13.1. The Kier molecular flexibility index (Phi) is 6.85. The average molecular weight is 532 g/mol. The molecule has 1 unspecified atom stereocenters. The Morgan fingerprint density at radius 3 is 2.69 bits per heavy atom. The Balaban J connectivity index is 1.47. The van der Waals surface area contributed by atoms with E-state index in [0.29, 0.717) is 24.1 Å². The van der Waals surface area contributed by atoms with Crippen molar-refractivity contribution in [2.75, 3.05) is 10.6 Å². The quantitative estimate of drug-likeness (QED) is 0.298. The maximum atomic E-state index is 13.1. The lowest BCUT2D eigenvalue weighted by Gasteiger charge is -2.36. The Bertz CT molecular complexity index is 1380. The van der Waals surface area contributed by atoms with Gasteiger partial charge in [-0.05, 0) is 57.2 Å². The maximum absolute atomic E-state index is 13.1. The van der Waals surface area contributed by atoms with E-state index in [2.05, 4.69) is 36.8 Å². The number of nitrogens with zero attached hydrogens (tertiary/aromatic N) is 2. The molecule has 1 saturated carbocycles. The zero-order chi connectivity index (χ0) is 27.8. The summed E-state index contributed by atoms with van der Waals surface area (Å²) >= 11 is 0. The molecular weight excluding hydrogens is 498 g/mol. The van der Waals surface area contributed by atoms with Crippen molar-refractivity contribution in [1.82, 2.24) is 26.1 Å². The molecule has 2 aliphatic carbocycles. The van der Waals surface area contributed by atoms with Crippen LogP contribution in [-0.4, -0.2) is 50.0 Å². The Morgan fingerprint density at radius 1 is 1.18 bits per heavy atom. The first-order chi connectivity index (χ1) is 18.6. The number of amides is 3. The zero-order valence-corrected chi connectivity index (χ0v) is 22.2. The molecule has 2 atom stereocenters. The Labute approximate surface area is 226 Å². The first kappa shape index (κ1) is 26.4. The van der Waals surface area contributed by atoms with E-state index in [-0.39, 0.29) is 35.1 Å². The normalized spacial score (nSPS) is 22.9. The fourth-order valence-corrected chi connectivity index (χ4v) is 4.84. The molecule has 0 spiro atoms. The fraction of sp³-hybridized carbons (Fsp3) is 0.393. The molecule has 2 heterocycles. The van der Waals surface area contributed by atoms with Gasteiger partial charge >= 0.3 is 0 Å². The molecular formula is C28H33N7O4. The fourth-order valence-electron chi connectivity index (χ4n) is 4.84. The number of hydrogen-bond acceptors (Lipinski definition) is 8. The number of allylic oxidation sites excluding steroid dienone is 2. The molecule has 39 heavy (non-hydrogen) atoms. The molecule has 11 nitrogen and oxygen atoms in total. The van der Waals surface area contributed by atoms with Gasteiger partial charge in [-0.1, -0.05) is 37.3 Å². The number of nitrogens with one attached hydrogen (secondary N) is 5. The number of carbonyl (C=O) groups is 3. The minimum Gasteiger partial charge on any atom is -0.386 e. The number of aliphatic hydroxyl groups is 1. The van der Waals surface area contributed by atoms with Gasteiger partial charge in [-0.3, -0.25) is 25.2 Å². The minimum atomic E-state index is -0.916. The van der Waals surface area contributed by atoms with Crippen LogP contribution < -0.4 is 26.8 Å². The van der Waals surface area contributed by atoms with Crippen LogP contribution in [0.1, 0.15) is 66.3 Å². The average Bonchev–Trinajstić information content (AvgIpc) is 3.74. The minimum absolute atomic E-state index is 0.0766. The predicted octanol–water partition coefficient (Wildman–Crippen LogP) is 2.50. The van der Waals surface area contributed by atoms with E-state index >= 15 is 0 Å². The number of fused-ring (bicyclic) bond motifs is 1. The van der Waals surface area contributed by atoms with Crippen LogP contribution in [0.4, 0.5) is 17.5 Å². The van der Waals surface area contributed by atoms with Gasteiger partial charge in [0.05, 0.1) is 11.6 Å². The molecule has 0 bridgehead atoms. The molecule has 5 rings (SSSR count). The largest absolute Gasteiger partial charge is 0.386 e. The van der Waals surface area contributed by atoms with Crippen molar-refractivity contribution < 1.29 is 19.5 Å². The Morgan fingerprint density at radius 2 is 1.97 bits per heavy atom. The SMILES string of the molecule is CC[C@]1(Nc2nc(Nc3cccc4c3CC(C)(C)NC4=O)ncc2C(=O)NNC(=O)C2CC2)C=CC=CC1O. The zero-order valence-electron chi connectivity index (χ0n) is 22.2. The van der Waals surface area contributed by atoms with Crippen molar-refractivity contribution in [3.63, 3.8) is 0 Å². The third-order valence-electron chi connectivity index (χ3n) is 7.28. The summed E-state index contributed by atoms with van der Waals surface area (Å²) in [6.07, 6.45) is 10.3. The van der Waals surface area contributed by atoms with Crippen LogP contribution in [0.25, 0.3) is 0 Å². The van der Waals surface area contributed by atoms with Gasteiger partial charge in [-0.15, -0.1) is 0 Å². The van der Waals surface area contributed by atoms with Crippen LogP contribution in [0.3, 0.4) is 0 Å².